The summed E-state index contributed by atoms with van der Waals surface area (Å²) in [7, 11) is 0. The zero-order chi connectivity index (χ0) is 17.0. The second-order valence-corrected chi connectivity index (χ2v) is 7.52. The maximum atomic E-state index is 5.85. The number of rotatable bonds is 5. The topological polar surface area (TPSA) is 82.1 Å². The zero-order valence-corrected chi connectivity index (χ0v) is 14.8. The first-order valence-electron chi connectivity index (χ1n) is 9.30. The summed E-state index contributed by atoms with van der Waals surface area (Å²) in [4.78, 5) is 6.80. The largest absolute Gasteiger partial charge is 0.375 e. The molecule has 2 atom stereocenters. The summed E-state index contributed by atoms with van der Waals surface area (Å²) in [5, 5.41) is 13.0. The fourth-order valence-electron chi connectivity index (χ4n) is 3.83. The van der Waals surface area contributed by atoms with Crippen LogP contribution >= 0.6 is 0 Å². The summed E-state index contributed by atoms with van der Waals surface area (Å²) in [6, 6.07) is 0.562. The van der Waals surface area contributed by atoms with Crippen LogP contribution in [0.25, 0.3) is 0 Å². The van der Waals surface area contributed by atoms with Crippen LogP contribution in [-0.2, 0) is 11.3 Å². The van der Waals surface area contributed by atoms with Gasteiger partial charge in [0, 0.05) is 18.5 Å². The predicted molar refractivity (Wildman–Crippen MR) is 87.9 cm³/mol. The van der Waals surface area contributed by atoms with Gasteiger partial charge in [-0.1, -0.05) is 5.16 Å². The lowest BCUT2D eigenvalue weighted by molar-refractivity contribution is -0.0774. The highest BCUT2D eigenvalue weighted by molar-refractivity contribution is 5.12. The Morgan fingerprint density at radius 3 is 2.68 bits per heavy atom. The van der Waals surface area contributed by atoms with Crippen molar-refractivity contribution in [3.05, 3.63) is 23.4 Å². The predicted octanol–water partition coefficient (Wildman–Crippen LogP) is 2.14. The van der Waals surface area contributed by atoms with Gasteiger partial charge in [-0.3, -0.25) is 4.90 Å². The number of nitrogens with zero attached hydrogens (tertiary/aromatic N) is 6. The summed E-state index contributed by atoms with van der Waals surface area (Å²) in [5.74, 6) is 4.18. The Balaban J connectivity index is 1.44. The Bertz CT molecular complexity index is 763. The molecule has 5 rings (SSSR count). The van der Waals surface area contributed by atoms with Crippen LogP contribution in [0.4, 0.5) is 0 Å². The van der Waals surface area contributed by atoms with E-state index in [4.69, 9.17) is 9.26 Å². The van der Waals surface area contributed by atoms with E-state index in [1.807, 2.05) is 6.92 Å². The average Bonchev–Trinajstić information content (AvgIpc) is 3.52. The minimum atomic E-state index is -0.0383. The van der Waals surface area contributed by atoms with E-state index in [1.165, 1.54) is 31.5 Å². The standard InChI is InChI=1S/C17H24N6O2/c1-10-15(17-18-11(2)21-25-17)22(7-8-24-10)9-14-19-20-16(12-3-4-12)23(14)13-5-6-13/h10,12-13,15H,3-9H2,1-2H3/t10-,15+/m1/s1. The average molecular weight is 344 g/mol. The highest BCUT2D eigenvalue weighted by Gasteiger charge is 2.39. The van der Waals surface area contributed by atoms with Crippen LogP contribution in [-0.4, -0.2) is 49.1 Å². The van der Waals surface area contributed by atoms with Gasteiger partial charge < -0.3 is 13.8 Å². The van der Waals surface area contributed by atoms with Crippen molar-refractivity contribution in [2.45, 2.75) is 70.2 Å². The van der Waals surface area contributed by atoms with Crippen LogP contribution < -0.4 is 0 Å². The molecule has 0 bridgehead atoms. The normalized spacial score (nSPS) is 27.8. The monoisotopic (exact) mass is 344 g/mol. The molecule has 2 saturated carbocycles. The molecule has 0 spiro atoms. The van der Waals surface area contributed by atoms with Gasteiger partial charge in [0.2, 0.25) is 5.89 Å². The molecule has 0 aromatic carbocycles. The first-order valence-corrected chi connectivity index (χ1v) is 9.30. The van der Waals surface area contributed by atoms with Crippen LogP contribution in [0.1, 0.15) is 74.0 Å². The van der Waals surface area contributed by atoms with Gasteiger partial charge in [0.25, 0.3) is 0 Å². The van der Waals surface area contributed by atoms with Gasteiger partial charge >= 0.3 is 0 Å². The van der Waals surface area contributed by atoms with Gasteiger partial charge in [-0.15, -0.1) is 10.2 Å². The van der Waals surface area contributed by atoms with E-state index in [0.29, 0.717) is 30.3 Å². The Labute approximate surface area is 146 Å². The maximum Gasteiger partial charge on any atom is 0.246 e. The lowest BCUT2D eigenvalue weighted by atomic mass is 10.1. The van der Waals surface area contributed by atoms with Crippen molar-refractivity contribution in [1.82, 2.24) is 29.8 Å². The summed E-state index contributed by atoms with van der Waals surface area (Å²) in [6.07, 6.45) is 5.01. The van der Waals surface area contributed by atoms with Gasteiger partial charge in [-0.25, -0.2) is 0 Å². The third kappa shape index (κ3) is 2.87. The molecule has 0 radical (unpaired) electrons. The smallest absolute Gasteiger partial charge is 0.246 e. The van der Waals surface area contributed by atoms with Crippen molar-refractivity contribution in [2.75, 3.05) is 13.2 Å². The van der Waals surface area contributed by atoms with Gasteiger partial charge in [-0.2, -0.15) is 4.98 Å². The van der Waals surface area contributed by atoms with Crippen LogP contribution in [0.15, 0.2) is 4.52 Å². The van der Waals surface area contributed by atoms with Gasteiger partial charge in [-0.05, 0) is 39.5 Å². The van der Waals surface area contributed by atoms with Crippen LogP contribution in [0.3, 0.4) is 0 Å². The number of hydrogen-bond donors (Lipinski definition) is 0. The van der Waals surface area contributed by atoms with E-state index in [2.05, 4.69) is 36.7 Å². The van der Waals surface area contributed by atoms with E-state index in [9.17, 15) is 0 Å². The van der Waals surface area contributed by atoms with E-state index in [0.717, 1.165) is 18.9 Å². The molecule has 2 aromatic heterocycles. The molecule has 25 heavy (non-hydrogen) atoms. The van der Waals surface area contributed by atoms with Crippen molar-refractivity contribution in [1.29, 1.82) is 0 Å². The molecule has 1 aliphatic heterocycles. The SMILES string of the molecule is Cc1noc([C@@H]2[C@@H](C)OCCN2Cc2nnc(C3CC3)n2C2CC2)n1. The molecule has 8 heteroatoms. The van der Waals surface area contributed by atoms with Crippen molar-refractivity contribution >= 4 is 0 Å². The molecule has 2 aromatic rings. The number of hydrogen-bond acceptors (Lipinski definition) is 7. The van der Waals surface area contributed by atoms with Crippen molar-refractivity contribution < 1.29 is 9.26 Å². The van der Waals surface area contributed by atoms with E-state index < -0.39 is 0 Å². The number of morpholine rings is 1. The highest BCUT2D eigenvalue weighted by Crippen LogP contribution is 2.45. The molecule has 0 amide bonds. The Morgan fingerprint density at radius 1 is 1.16 bits per heavy atom. The highest BCUT2D eigenvalue weighted by atomic mass is 16.5. The first-order chi connectivity index (χ1) is 12.2. The molecule has 3 heterocycles. The number of ether oxygens (including phenoxy) is 1. The van der Waals surface area contributed by atoms with Crippen molar-refractivity contribution in [3.63, 3.8) is 0 Å². The third-order valence-electron chi connectivity index (χ3n) is 5.39. The minimum Gasteiger partial charge on any atom is -0.375 e. The van der Waals surface area contributed by atoms with Crippen molar-refractivity contribution in [2.24, 2.45) is 0 Å². The lowest BCUT2D eigenvalue weighted by Crippen LogP contribution is -2.44. The Morgan fingerprint density at radius 2 is 2.00 bits per heavy atom. The van der Waals surface area contributed by atoms with Crippen LogP contribution in [0.2, 0.25) is 0 Å². The minimum absolute atomic E-state index is 0.00815. The Kier molecular flexibility index (Phi) is 3.63. The molecular formula is C17H24N6O2. The summed E-state index contributed by atoms with van der Waals surface area (Å²) < 4.78 is 13.7. The summed E-state index contributed by atoms with van der Waals surface area (Å²) in [5.41, 5.74) is 0. The molecule has 134 valence electrons. The fraction of sp³-hybridized carbons (Fsp3) is 0.765. The third-order valence-corrected chi connectivity index (χ3v) is 5.39. The second kappa shape index (κ2) is 5.88. The van der Waals surface area contributed by atoms with Gasteiger partial charge in [0.05, 0.1) is 19.3 Å². The number of aryl methyl sites for hydroxylation is 1. The van der Waals surface area contributed by atoms with Gasteiger partial charge in [0.1, 0.15) is 17.7 Å². The van der Waals surface area contributed by atoms with Gasteiger partial charge in [0.15, 0.2) is 5.82 Å². The molecule has 0 N–H and O–H groups in total. The van der Waals surface area contributed by atoms with E-state index in [-0.39, 0.29) is 12.1 Å². The second-order valence-electron chi connectivity index (χ2n) is 7.52. The van der Waals surface area contributed by atoms with E-state index in [1.54, 1.807) is 0 Å². The van der Waals surface area contributed by atoms with Crippen molar-refractivity contribution in [3.8, 4) is 0 Å². The summed E-state index contributed by atoms with van der Waals surface area (Å²) in [6.45, 7) is 6.19. The van der Waals surface area contributed by atoms with Crippen LogP contribution in [0, 0.1) is 6.92 Å². The zero-order valence-electron chi connectivity index (χ0n) is 14.8. The Hall–Kier alpha value is -1.80. The fourth-order valence-corrected chi connectivity index (χ4v) is 3.83. The first kappa shape index (κ1) is 15.5. The molecule has 2 aliphatic carbocycles. The molecule has 3 fully saturated rings. The lowest BCUT2D eigenvalue weighted by Gasteiger charge is -2.37. The quantitative estimate of drug-likeness (QED) is 0.822. The molecule has 3 aliphatic rings. The summed E-state index contributed by atoms with van der Waals surface area (Å²) >= 11 is 0. The maximum absolute atomic E-state index is 5.85. The molecule has 8 nitrogen and oxygen atoms in total. The number of aromatic nitrogens is 5. The molecule has 0 unspecified atom stereocenters. The van der Waals surface area contributed by atoms with E-state index >= 15 is 0 Å². The molecular weight excluding hydrogens is 320 g/mol. The molecule has 1 saturated heterocycles. The van der Waals surface area contributed by atoms with Crippen LogP contribution in [0.5, 0.6) is 0 Å².